The number of carbonyl (C=O) groups excluding carboxylic acids is 1. The van der Waals surface area contributed by atoms with E-state index in [1.165, 1.54) is 62.8 Å². The van der Waals surface area contributed by atoms with Gasteiger partial charge in [0.2, 0.25) is 6.41 Å². The summed E-state index contributed by atoms with van der Waals surface area (Å²) in [5.74, 6) is -4.81. The molecule has 4 aromatic heterocycles. The van der Waals surface area contributed by atoms with Crippen molar-refractivity contribution in [2.24, 2.45) is 0 Å². The Morgan fingerprint density at radius 1 is 0.726 bits per heavy atom. The number of nitrogen functional groups attached to an aromatic ring is 1. The first-order valence-electron chi connectivity index (χ1n) is 19.5. The van der Waals surface area contributed by atoms with Crippen molar-refractivity contribution < 1.29 is 82.2 Å². The second-order valence-corrected chi connectivity index (χ2v) is 14.7. The van der Waals surface area contributed by atoms with Gasteiger partial charge in [0.1, 0.15) is 46.0 Å². The summed E-state index contributed by atoms with van der Waals surface area (Å²) in [6.45, 7) is 0.0185. The van der Waals surface area contributed by atoms with Gasteiger partial charge < -0.3 is 39.8 Å². The third-order valence-corrected chi connectivity index (χ3v) is 9.66. The molecule has 5 N–H and O–H groups in total. The fraction of sp³-hybridized carbons (Fsp3) is 0.156. The highest BCUT2D eigenvalue weighted by atomic mass is 35.5. The molecule has 8 rings (SSSR count). The molecule has 0 saturated carbocycles. The van der Waals surface area contributed by atoms with Crippen molar-refractivity contribution in [3.05, 3.63) is 142 Å². The lowest BCUT2D eigenvalue weighted by Gasteiger charge is -2.07. The average molecular weight is 1080 g/mol. The number of carboxylic acid groups (broad SMARTS) is 1. The molecule has 388 valence electrons. The molecule has 0 aliphatic carbocycles. The maximum absolute atomic E-state index is 14.4. The monoisotopic (exact) mass is 1080 g/mol. The second kappa shape index (κ2) is 24.6. The number of nitrogens with one attached hydrogen (secondary N) is 1. The van der Waals surface area contributed by atoms with Crippen molar-refractivity contribution >= 4 is 47.0 Å². The van der Waals surface area contributed by atoms with Gasteiger partial charge in [-0.25, -0.2) is 26.9 Å². The number of halogens is 12. The molecule has 0 spiro atoms. The van der Waals surface area contributed by atoms with E-state index in [0.717, 1.165) is 65.1 Å². The second-order valence-electron chi connectivity index (χ2n) is 13.9. The third kappa shape index (κ3) is 14.0. The Morgan fingerprint density at radius 3 is 1.51 bits per heavy atom. The predicted octanol–water partition coefficient (Wildman–Crippen LogP) is 11.7. The normalized spacial score (nSPS) is 11.1. The summed E-state index contributed by atoms with van der Waals surface area (Å²) in [6.07, 6.45) is -7.77. The van der Waals surface area contributed by atoms with Crippen molar-refractivity contribution in [3.8, 4) is 56.5 Å². The highest BCUT2D eigenvalue weighted by Gasteiger charge is 2.41. The van der Waals surface area contributed by atoms with E-state index in [0.29, 0.717) is 0 Å². The number of anilines is 2. The van der Waals surface area contributed by atoms with Crippen LogP contribution in [0, 0.1) is 23.3 Å². The summed E-state index contributed by atoms with van der Waals surface area (Å²) in [5.41, 5.74) is 0.345. The van der Waals surface area contributed by atoms with Gasteiger partial charge in [-0.05, 0) is 60.7 Å². The van der Waals surface area contributed by atoms with E-state index in [2.05, 4.69) is 35.3 Å². The number of aliphatic hydroxyl groups excluding tert-OH is 1. The van der Waals surface area contributed by atoms with E-state index in [1.807, 2.05) is 0 Å². The van der Waals surface area contributed by atoms with Crippen LogP contribution >= 0.6 is 23.2 Å². The van der Waals surface area contributed by atoms with Crippen LogP contribution in [0.5, 0.6) is 0 Å². The van der Waals surface area contributed by atoms with Gasteiger partial charge in [0.05, 0.1) is 43.7 Å². The molecule has 4 aromatic carbocycles. The van der Waals surface area contributed by atoms with Crippen molar-refractivity contribution in [2.45, 2.75) is 33.2 Å². The fourth-order valence-corrected chi connectivity index (χ4v) is 6.56. The Bertz CT molecular complexity index is 3130. The molecular weight excluding hydrogens is 1040 g/mol. The van der Waals surface area contributed by atoms with Crippen LogP contribution < -0.4 is 11.1 Å². The third-order valence-electron chi connectivity index (χ3n) is 9.03. The molecule has 0 aliphatic rings. The lowest BCUT2D eigenvalue weighted by atomic mass is 10.1. The van der Waals surface area contributed by atoms with Crippen molar-refractivity contribution in [1.82, 2.24) is 29.9 Å². The zero-order valence-electron chi connectivity index (χ0n) is 36.5. The van der Waals surface area contributed by atoms with E-state index < -0.39 is 82.1 Å². The number of rotatable bonds is 10. The highest BCUT2D eigenvalue weighted by Crippen LogP contribution is 2.46. The number of methoxy groups -OCH3 is 2. The number of ether oxygens (including phenoxy) is 2. The molecule has 73 heavy (non-hydrogen) atoms. The van der Waals surface area contributed by atoms with Crippen LogP contribution in [0.1, 0.15) is 25.7 Å². The Hall–Kier alpha value is -7.78. The summed E-state index contributed by atoms with van der Waals surface area (Å²) in [6, 6.07) is 17.1. The molecule has 8 aromatic rings. The van der Waals surface area contributed by atoms with Gasteiger partial charge in [0.15, 0.2) is 22.9 Å². The number of aromatic nitrogens is 6. The summed E-state index contributed by atoms with van der Waals surface area (Å²) >= 11 is 12.0. The lowest BCUT2D eigenvalue weighted by molar-refractivity contribution is -0.236. The van der Waals surface area contributed by atoms with Gasteiger partial charge in [-0.1, -0.05) is 65.2 Å². The minimum Gasteiger partial charge on any atom is -0.481 e. The largest absolute Gasteiger partial charge is 0.481 e. The van der Waals surface area contributed by atoms with E-state index in [1.54, 1.807) is 0 Å². The molecule has 0 atom stereocenters. The molecule has 28 heteroatoms. The van der Waals surface area contributed by atoms with Crippen LogP contribution in [-0.4, -0.2) is 73.2 Å². The Kier molecular flexibility index (Phi) is 19.4. The summed E-state index contributed by atoms with van der Waals surface area (Å²) in [4.78, 5) is 20.2. The van der Waals surface area contributed by atoms with E-state index in [4.69, 9.17) is 53.0 Å². The molecule has 0 unspecified atom stereocenters. The zero-order valence-corrected chi connectivity index (χ0v) is 38.0. The van der Waals surface area contributed by atoms with Crippen molar-refractivity contribution in [3.63, 3.8) is 0 Å². The molecule has 0 saturated heterocycles. The molecule has 16 nitrogen and oxygen atoms in total. The molecular formula is C45H36Cl2F10N8O8. The van der Waals surface area contributed by atoms with Crippen LogP contribution in [0.2, 0.25) is 10.0 Å². The molecule has 0 bridgehead atoms. The summed E-state index contributed by atoms with van der Waals surface area (Å²) < 4.78 is 158. The van der Waals surface area contributed by atoms with Crippen LogP contribution in [-0.2, 0) is 31.4 Å². The van der Waals surface area contributed by atoms with E-state index in [9.17, 15) is 48.7 Å². The van der Waals surface area contributed by atoms with Crippen molar-refractivity contribution in [1.29, 1.82) is 0 Å². The maximum Gasteiger partial charge on any atom is 0.435 e. The fourth-order valence-electron chi connectivity index (χ4n) is 6.05. The molecule has 0 radical (unpaired) electrons. The maximum atomic E-state index is 14.4. The predicted molar refractivity (Wildman–Crippen MR) is 243 cm³/mol. The van der Waals surface area contributed by atoms with Gasteiger partial charge >= 0.3 is 12.4 Å². The number of amides is 1. The Labute approximate surface area is 415 Å². The number of nitrogens with two attached hydrogens (primary N) is 1. The zero-order chi connectivity index (χ0) is 53.2. The number of carboxylic acids is 1. The molecule has 0 fully saturated rings. The number of aliphatic hydroxyl groups is 1. The van der Waals surface area contributed by atoms with Crippen LogP contribution in [0.3, 0.4) is 0 Å². The van der Waals surface area contributed by atoms with Crippen LogP contribution in [0.4, 0.5) is 55.3 Å². The van der Waals surface area contributed by atoms with Gasteiger partial charge in [-0.15, -0.1) is 0 Å². The number of nitrogens with zero attached hydrogens (tertiary/aromatic N) is 6. The number of benzene rings is 4. The Balaban J connectivity index is 0.000000264. The smallest absolute Gasteiger partial charge is 0.435 e. The van der Waals surface area contributed by atoms with Gasteiger partial charge in [-0.3, -0.25) is 9.59 Å². The van der Waals surface area contributed by atoms with Crippen LogP contribution in [0.25, 0.3) is 56.5 Å². The lowest BCUT2D eigenvalue weighted by Crippen LogP contribution is -2.09. The number of hydrogen-bond acceptors (Lipinski definition) is 12. The number of alkyl halides is 6. The first-order valence-corrected chi connectivity index (χ1v) is 20.3. The first-order chi connectivity index (χ1) is 33.9. The van der Waals surface area contributed by atoms with Gasteiger partial charge in [-0.2, -0.15) is 36.5 Å². The van der Waals surface area contributed by atoms with Crippen molar-refractivity contribution in [2.75, 3.05) is 25.3 Å². The molecule has 0 aliphatic heterocycles. The quantitative estimate of drug-likeness (QED) is 0.0570. The number of aliphatic carboxylic acids is 1. The number of carbonyl (C=O) groups is 2. The van der Waals surface area contributed by atoms with Gasteiger partial charge in [0, 0.05) is 33.5 Å². The van der Waals surface area contributed by atoms with E-state index >= 15 is 0 Å². The molecule has 1 amide bonds. The number of hydrogen-bond donors (Lipinski definition) is 4. The molecule has 4 heterocycles. The minimum atomic E-state index is -4.95. The SMILES string of the molecule is C.CC(=O)O.COC(O)OC.Nc1c(-c2c(F)cccc2Cl)noc1-c1cn(-c2cccc(F)c2)nc1C(F)(F)F.O=CNc1c(-c2c(F)cccc2Cl)noc1-c1cn(-c2cccc(F)c2)nc1C(F)(F)F. The van der Waals surface area contributed by atoms with Gasteiger partial charge in [0.25, 0.3) is 12.4 Å². The standard InChI is InChI=1S/C20H10ClF5N4O2.C19H10ClF5N4O.C3H8O3.C2H4O2.CH4/c21-13-5-2-6-14(23)15(13)16-17(27-9-31)18(32-29-16)12-8-30(28-19(12)20(24,25)26)11-4-1-3-10(22)7-11;20-12-5-2-6-13(22)14(12)16-15(26)17(30-28-16)11-8-29(27-18(11)19(23,24)25)10-4-1-3-9(21)7-10;1-5-3(4)6-2;1-2(3)4;/h1-9H,(H,27,31);1-8H,26H2;3-4H,1-2H3;1H3,(H,3,4);1H4. The average Bonchev–Trinajstić information content (AvgIpc) is 4.12. The minimum absolute atomic E-state index is 0. The summed E-state index contributed by atoms with van der Waals surface area (Å²) in [5, 5.41) is 31.9. The first kappa shape index (κ1) is 57.8. The highest BCUT2D eigenvalue weighted by molar-refractivity contribution is 6.34. The Morgan fingerprint density at radius 2 is 1.12 bits per heavy atom. The topological polar surface area (TPSA) is 219 Å². The summed E-state index contributed by atoms with van der Waals surface area (Å²) in [7, 11) is 2.71. The van der Waals surface area contributed by atoms with E-state index in [-0.39, 0.29) is 69.1 Å². The van der Waals surface area contributed by atoms with Crippen LogP contribution in [0.15, 0.2) is 106 Å².